The van der Waals surface area contributed by atoms with Crippen molar-refractivity contribution in [1.82, 2.24) is 9.88 Å². The summed E-state index contributed by atoms with van der Waals surface area (Å²) in [5, 5.41) is 8.22. The average molecular weight is 519 g/mol. The molecule has 5 rings (SSSR count). The van der Waals surface area contributed by atoms with Crippen molar-refractivity contribution in [3.05, 3.63) is 65.5 Å². The Hall–Kier alpha value is -3.72. The molecule has 2 N–H and O–H groups in total. The third-order valence-electron chi connectivity index (χ3n) is 6.90. The van der Waals surface area contributed by atoms with Crippen LogP contribution in [0.5, 0.6) is 0 Å². The van der Waals surface area contributed by atoms with Gasteiger partial charge in [-0.3, -0.25) is 14.5 Å². The summed E-state index contributed by atoms with van der Waals surface area (Å²) >= 11 is 1.33. The number of anilines is 2. The Morgan fingerprint density at radius 1 is 0.919 bits per heavy atom. The van der Waals surface area contributed by atoms with Crippen molar-refractivity contribution in [2.24, 2.45) is 5.92 Å². The highest BCUT2D eigenvalue weighted by atomic mass is 32.1. The lowest BCUT2D eigenvalue weighted by Crippen LogP contribution is -2.43. The van der Waals surface area contributed by atoms with E-state index in [-0.39, 0.29) is 24.3 Å². The van der Waals surface area contributed by atoms with Gasteiger partial charge in [-0.05, 0) is 43.4 Å². The summed E-state index contributed by atoms with van der Waals surface area (Å²) in [6.45, 7) is 0.655. The Labute approximate surface area is 220 Å². The molecule has 1 saturated carbocycles. The minimum absolute atomic E-state index is 0.0915. The molecule has 1 atom stereocenters. The fourth-order valence-electron chi connectivity index (χ4n) is 4.87. The second kappa shape index (κ2) is 11.6. The zero-order valence-corrected chi connectivity index (χ0v) is 21.3. The highest BCUT2D eigenvalue weighted by molar-refractivity contribution is 7.14. The molecule has 1 aliphatic heterocycles. The zero-order chi connectivity index (χ0) is 25.6. The van der Waals surface area contributed by atoms with E-state index < -0.39 is 12.1 Å². The molecule has 1 aromatic heterocycles. The minimum atomic E-state index is -0.585. The summed E-state index contributed by atoms with van der Waals surface area (Å²) in [5.41, 5.74) is 3.29. The molecule has 0 radical (unpaired) electrons. The number of likely N-dealkylation sites (tertiary alicyclic amines) is 1. The SMILES string of the molecule is O=C(Nc1ccc(-c2csc(NC(=O)C3CCCN3C(=O)OCc3ccccc3)n2)cc1)C1CCCC1. The van der Waals surface area contributed by atoms with Gasteiger partial charge in [0.05, 0.1) is 5.69 Å². The van der Waals surface area contributed by atoms with Crippen LogP contribution in [0.2, 0.25) is 0 Å². The predicted octanol–water partition coefficient (Wildman–Crippen LogP) is 5.68. The zero-order valence-electron chi connectivity index (χ0n) is 20.5. The number of hydrogen-bond acceptors (Lipinski definition) is 6. The van der Waals surface area contributed by atoms with Gasteiger partial charge in [0.1, 0.15) is 12.6 Å². The predicted molar refractivity (Wildman–Crippen MR) is 143 cm³/mol. The Morgan fingerprint density at radius 2 is 1.68 bits per heavy atom. The van der Waals surface area contributed by atoms with Crippen molar-refractivity contribution in [3.63, 3.8) is 0 Å². The highest BCUT2D eigenvalue weighted by Crippen LogP contribution is 2.29. The Balaban J connectivity index is 1.15. The lowest BCUT2D eigenvalue weighted by Gasteiger charge is -2.22. The maximum Gasteiger partial charge on any atom is 0.410 e. The molecule has 37 heavy (non-hydrogen) atoms. The van der Waals surface area contributed by atoms with Crippen LogP contribution in [0.25, 0.3) is 11.3 Å². The number of rotatable bonds is 7. The van der Waals surface area contributed by atoms with Crippen LogP contribution in [-0.4, -0.2) is 40.4 Å². The van der Waals surface area contributed by atoms with Crippen LogP contribution in [0, 0.1) is 5.92 Å². The fourth-order valence-corrected chi connectivity index (χ4v) is 5.59. The number of nitrogens with zero attached hydrogens (tertiary/aromatic N) is 2. The molecule has 1 saturated heterocycles. The average Bonchev–Trinajstić information content (AvgIpc) is 3.70. The van der Waals surface area contributed by atoms with E-state index in [0.29, 0.717) is 18.1 Å². The fraction of sp³-hybridized carbons (Fsp3) is 0.357. The number of hydrogen-bond donors (Lipinski definition) is 2. The van der Waals surface area contributed by atoms with Gasteiger partial charge in [-0.2, -0.15) is 0 Å². The van der Waals surface area contributed by atoms with Crippen LogP contribution in [-0.2, 0) is 20.9 Å². The molecule has 3 aromatic rings. The molecule has 2 aliphatic rings. The molecule has 8 nitrogen and oxygen atoms in total. The summed E-state index contributed by atoms with van der Waals surface area (Å²) in [6.07, 6.45) is 5.01. The van der Waals surface area contributed by atoms with Crippen molar-refractivity contribution in [3.8, 4) is 11.3 Å². The van der Waals surface area contributed by atoms with Gasteiger partial charge in [0.15, 0.2) is 5.13 Å². The van der Waals surface area contributed by atoms with E-state index in [9.17, 15) is 14.4 Å². The van der Waals surface area contributed by atoms with Crippen molar-refractivity contribution < 1.29 is 19.1 Å². The standard InChI is InChI=1S/C28H30N4O4S/c33-25(21-9-4-5-10-21)29-22-14-12-20(13-15-22)23-18-37-27(30-23)31-26(34)24-11-6-16-32(24)28(35)36-17-19-7-2-1-3-8-19/h1-3,7-8,12-15,18,21,24H,4-6,9-11,16-17H2,(H,29,33)(H,30,31,34). The number of ether oxygens (including phenoxy) is 1. The normalized spacial score (nSPS) is 17.5. The van der Waals surface area contributed by atoms with Gasteiger partial charge in [-0.1, -0.05) is 55.3 Å². The Kier molecular flexibility index (Phi) is 7.79. The van der Waals surface area contributed by atoms with Crippen LogP contribution < -0.4 is 10.6 Å². The van der Waals surface area contributed by atoms with Crippen LogP contribution >= 0.6 is 11.3 Å². The van der Waals surface area contributed by atoms with Crippen molar-refractivity contribution in [2.45, 2.75) is 51.2 Å². The topological polar surface area (TPSA) is 101 Å². The second-order valence-corrected chi connectivity index (χ2v) is 10.3. The summed E-state index contributed by atoms with van der Waals surface area (Å²) in [7, 11) is 0. The number of amides is 3. The van der Waals surface area contributed by atoms with Crippen molar-refractivity contribution in [2.75, 3.05) is 17.2 Å². The molecule has 2 heterocycles. The van der Waals surface area contributed by atoms with Gasteiger partial charge in [0, 0.05) is 29.1 Å². The van der Waals surface area contributed by atoms with Gasteiger partial charge < -0.3 is 15.4 Å². The van der Waals surface area contributed by atoms with Crippen molar-refractivity contribution >= 4 is 40.1 Å². The smallest absolute Gasteiger partial charge is 0.410 e. The molecule has 0 spiro atoms. The summed E-state index contributed by atoms with van der Waals surface area (Å²) in [5.74, 6) is -0.0558. The lowest BCUT2D eigenvalue weighted by atomic mass is 10.1. The molecule has 0 bridgehead atoms. The Morgan fingerprint density at radius 3 is 2.43 bits per heavy atom. The van der Waals surface area contributed by atoms with Crippen LogP contribution in [0.1, 0.15) is 44.1 Å². The maximum atomic E-state index is 13.0. The van der Waals surface area contributed by atoms with E-state index in [1.807, 2.05) is 60.0 Å². The first-order chi connectivity index (χ1) is 18.1. The molecule has 3 amide bonds. The minimum Gasteiger partial charge on any atom is -0.445 e. The maximum absolute atomic E-state index is 13.0. The van der Waals surface area contributed by atoms with Gasteiger partial charge in [-0.15, -0.1) is 11.3 Å². The van der Waals surface area contributed by atoms with Crippen LogP contribution in [0.4, 0.5) is 15.6 Å². The van der Waals surface area contributed by atoms with E-state index >= 15 is 0 Å². The number of nitrogens with one attached hydrogen (secondary N) is 2. The van der Waals surface area contributed by atoms with E-state index in [1.54, 1.807) is 0 Å². The molecule has 2 fully saturated rings. The number of aromatic nitrogens is 1. The monoisotopic (exact) mass is 518 g/mol. The van der Waals surface area contributed by atoms with Gasteiger partial charge in [0.2, 0.25) is 11.8 Å². The number of carbonyl (C=O) groups excluding carboxylic acids is 3. The highest BCUT2D eigenvalue weighted by Gasteiger charge is 2.35. The first-order valence-corrected chi connectivity index (χ1v) is 13.6. The van der Waals surface area contributed by atoms with Crippen LogP contribution in [0.3, 0.4) is 0 Å². The first kappa shape index (κ1) is 25.0. The van der Waals surface area contributed by atoms with E-state index in [1.165, 1.54) is 16.2 Å². The quantitative estimate of drug-likeness (QED) is 0.419. The summed E-state index contributed by atoms with van der Waals surface area (Å²) in [6, 6.07) is 16.4. The molecule has 1 aliphatic carbocycles. The third kappa shape index (κ3) is 6.17. The van der Waals surface area contributed by atoms with E-state index in [0.717, 1.165) is 54.6 Å². The van der Waals surface area contributed by atoms with Crippen molar-refractivity contribution in [1.29, 1.82) is 0 Å². The largest absolute Gasteiger partial charge is 0.445 e. The molecular formula is C28H30N4O4S. The molecule has 2 aromatic carbocycles. The molecule has 192 valence electrons. The first-order valence-electron chi connectivity index (χ1n) is 12.7. The van der Waals surface area contributed by atoms with Gasteiger partial charge >= 0.3 is 6.09 Å². The summed E-state index contributed by atoms with van der Waals surface area (Å²) in [4.78, 5) is 44.0. The molecule has 1 unspecified atom stereocenters. The molecular weight excluding hydrogens is 488 g/mol. The molecule has 9 heteroatoms. The van der Waals surface area contributed by atoms with Crippen LogP contribution in [0.15, 0.2) is 60.0 Å². The lowest BCUT2D eigenvalue weighted by molar-refractivity contribution is -0.120. The third-order valence-corrected chi connectivity index (χ3v) is 7.66. The van der Waals surface area contributed by atoms with Gasteiger partial charge in [0.25, 0.3) is 0 Å². The second-order valence-electron chi connectivity index (χ2n) is 9.47. The summed E-state index contributed by atoms with van der Waals surface area (Å²) < 4.78 is 5.43. The number of benzene rings is 2. The van der Waals surface area contributed by atoms with Gasteiger partial charge in [-0.25, -0.2) is 9.78 Å². The van der Waals surface area contributed by atoms with E-state index in [2.05, 4.69) is 15.6 Å². The number of carbonyl (C=O) groups is 3. The number of thiazole rings is 1. The Bertz CT molecular complexity index is 1240. The van der Waals surface area contributed by atoms with E-state index in [4.69, 9.17) is 4.74 Å².